The molecule has 1 amide bonds. The Labute approximate surface area is 163 Å². The molecule has 0 spiro atoms. The molecular formula is C20H17F3N4O2. The van der Waals surface area contributed by atoms with E-state index in [0.29, 0.717) is 18.7 Å². The Bertz CT molecular complexity index is 1060. The minimum Gasteiger partial charge on any atom is -0.467 e. The first-order chi connectivity index (χ1) is 13.9. The molecule has 2 aliphatic rings. The summed E-state index contributed by atoms with van der Waals surface area (Å²) >= 11 is 0. The zero-order chi connectivity index (χ0) is 20.2. The number of hydrogen-bond acceptors (Lipinski definition) is 4. The summed E-state index contributed by atoms with van der Waals surface area (Å²) in [5.74, 6) is 0.151. The summed E-state index contributed by atoms with van der Waals surface area (Å²) in [6.07, 6.45) is -2.65. The number of rotatable bonds is 2. The van der Waals surface area contributed by atoms with Crippen molar-refractivity contribution in [3.05, 3.63) is 65.7 Å². The van der Waals surface area contributed by atoms with E-state index < -0.39 is 24.2 Å². The number of alkyl halides is 3. The lowest BCUT2D eigenvalue weighted by Gasteiger charge is -2.32. The van der Waals surface area contributed by atoms with E-state index >= 15 is 0 Å². The van der Waals surface area contributed by atoms with Crippen molar-refractivity contribution >= 4 is 17.4 Å². The van der Waals surface area contributed by atoms with Gasteiger partial charge in [-0.25, -0.2) is 4.68 Å². The van der Waals surface area contributed by atoms with Crippen molar-refractivity contribution in [1.82, 2.24) is 9.78 Å². The monoisotopic (exact) mass is 402 g/mol. The molecule has 2 aromatic heterocycles. The Hall–Kier alpha value is -3.23. The van der Waals surface area contributed by atoms with E-state index in [4.69, 9.17) is 4.42 Å². The number of aromatic nitrogens is 2. The number of carbonyl (C=O) groups is 1. The van der Waals surface area contributed by atoms with Gasteiger partial charge in [-0.1, -0.05) is 18.2 Å². The van der Waals surface area contributed by atoms with Gasteiger partial charge in [-0.3, -0.25) is 4.79 Å². The molecule has 0 aliphatic carbocycles. The highest BCUT2D eigenvalue weighted by Gasteiger charge is 2.47. The van der Waals surface area contributed by atoms with Crippen LogP contribution in [0.5, 0.6) is 0 Å². The van der Waals surface area contributed by atoms with Crippen LogP contribution in [0.25, 0.3) is 0 Å². The van der Waals surface area contributed by atoms with Crippen LogP contribution in [-0.4, -0.2) is 28.4 Å². The summed E-state index contributed by atoms with van der Waals surface area (Å²) in [5.41, 5.74) is 1.80. The molecule has 0 saturated heterocycles. The van der Waals surface area contributed by atoms with Crippen molar-refractivity contribution in [2.75, 3.05) is 16.8 Å². The van der Waals surface area contributed by atoms with Crippen LogP contribution in [0.3, 0.4) is 0 Å². The van der Waals surface area contributed by atoms with Crippen molar-refractivity contribution in [3.63, 3.8) is 0 Å². The number of para-hydroxylation sites is 1. The summed E-state index contributed by atoms with van der Waals surface area (Å²) in [6, 6.07) is 9.65. The molecule has 4 heterocycles. The number of halogens is 3. The fraction of sp³-hybridized carbons (Fsp3) is 0.300. The predicted molar refractivity (Wildman–Crippen MR) is 98.8 cm³/mol. The maximum atomic E-state index is 13.7. The van der Waals surface area contributed by atoms with Gasteiger partial charge in [0.1, 0.15) is 11.6 Å². The molecule has 1 N–H and O–H groups in total. The summed E-state index contributed by atoms with van der Waals surface area (Å²) in [6.45, 7) is 0.478. The minimum atomic E-state index is -4.51. The first kappa shape index (κ1) is 17.8. The van der Waals surface area contributed by atoms with Crippen LogP contribution in [-0.2, 0) is 6.42 Å². The zero-order valence-electron chi connectivity index (χ0n) is 15.2. The Balaban J connectivity index is 1.50. The molecular weight excluding hydrogens is 385 g/mol. The van der Waals surface area contributed by atoms with E-state index in [9.17, 15) is 18.0 Å². The quantitative estimate of drug-likeness (QED) is 0.693. The topological polar surface area (TPSA) is 63.3 Å². The first-order valence-corrected chi connectivity index (χ1v) is 9.28. The van der Waals surface area contributed by atoms with Gasteiger partial charge in [0.05, 0.1) is 12.3 Å². The number of amides is 1. The third-order valence-electron chi connectivity index (χ3n) is 5.43. The molecule has 0 fully saturated rings. The molecule has 1 aromatic carbocycles. The van der Waals surface area contributed by atoms with Gasteiger partial charge in [-0.15, -0.1) is 0 Å². The van der Waals surface area contributed by atoms with Gasteiger partial charge in [0.25, 0.3) is 5.91 Å². The molecule has 9 heteroatoms. The number of benzene rings is 1. The van der Waals surface area contributed by atoms with Gasteiger partial charge in [0.2, 0.25) is 0 Å². The van der Waals surface area contributed by atoms with Gasteiger partial charge >= 0.3 is 6.18 Å². The van der Waals surface area contributed by atoms with Crippen molar-refractivity contribution in [2.24, 2.45) is 0 Å². The second-order valence-corrected chi connectivity index (χ2v) is 7.20. The van der Waals surface area contributed by atoms with Crippen LogP contribution < -0.4 is 10.2 Å². The lowest BCUT2D eigenvalue weighted by molar-refractivity contribution is -0.174. The Kier molecular flexibility index (Phi) is 3.94. The zero-order valence-corrected chi connectivity index (χ0v) is 15.2. The minimum absolute atomic E-state index is 0.0152. The van der Waals surface area contributed by atoms with Gasteiger partial charge < -0.3 is 14.6 Å². The molecule has 6 nitrogen and oxygen atoms in total. The number of fused-ring (bicyclic) bond motifs is 2. The van der Waals surface area contributed by atoms with E-state index in [1.54, 1.807) is 17.0 Å². The molecule has 150 valence electrons. The smallest absolute Gasteiger partial charge is 0.410 e. The number of nitrogens with zero attached hydrogens (tertiary/aromatic N) is 3. The average molecular weight is 402 g/mol. The SMILES string of the molecule is O=C(c1cc2n(n1)[C@H](C(F)(F)F)C[C@H](c1ccco1)N2)N1CCc2ccccc21. The van der Waals surface area contributed by atoms with Crippen LogP contribution >= 0.6 is 0 Å². The second-order valence-electron chi connectivity index (χ2n) is 7.20. The maximum absolute atomic E-state index is 13.7. The molecule has 0 bridgehead atoms. The van der Waals surface area contributed by atoms with Gasteiger partial charge in [0.15, 0.2) is 11.7 Å². The molecule has 5 rings (SSSR count). The number of nitrogens with one attached hydrogen (secondary N) is 1. The summed E-state index contributed by atoms with van der Waals surface area (Å²) in [5, 5.41) is 7.07. The van der Waals surface area contributed by atoms with Crippen LogP contribution in [0.2, 0.25) is 0 Å². The second kappa shape index (κ2) is 6.40. The van der Waals surface area contributed by atoms with E-state index in [1.807, 2.05) is 24.3 Å². The largest absolute Gasteiger partial charge is 0.467 e. The van der Waals surface area contributed by atoms with Crippen LogP contribution in [0.4, 0.5) is 24.7 Å². The average Bonchev–Trinajstić information content (AvgIpc) is 3.44. The fourth-order valence-electron chi connectivity index (χ4n) is 4.04. The van der Waals surface area contributed by atoms with Crippen molar-refractivity contribution in [3.8, 4) is 0 Å². The molecule has 0 saturated carbocycles. The molecule has 0 radical (unpaired) electrons. The third-order valence-corrected chi connectivity index (χ3v) is 5.43. The van der Waals surface area contributed by atoms with E-state index in [1.165, 1.54) is 12.3 Å². The summed E-state index contributed by atoms with van der Waals surface area (Å²) < 4.78 is 47.3. The van der Waals surface area contributed by atoms with Gasteiger partial charge in [-0.05, 0) is 30.2 Å². The number of hydrogen-bond donors (Lipinski definition) is 1. The number of anilines is 2. The molecule has 3 aromatic rings. The van der Waals surface area contributed by atoms with Crippen LogP contribution in [0.15, 0.2) is 53.1 Å². The van der Waals surface area contributed by atoms with Crippen molar-refractivity contribution in [2.45, 2.75) is 31.1 Å². The number of furan rings is 1. The highest BCUT2D eigenvalue weighted by molar-refractivity contribution is 6.06. The van der Waals surface area contributed by atoms with Crippen LogP contribution in [0.1, 0.15) is 40.3 Å². The van der Waals surface area contributed by atoms with E-state index in [2.05, 4.69) is 10.4 Å². The fourth-order valence-corrected chi connectivity index (χ4v) is 4.04. The molecule has 29 heavy (non-hydrogen) atoms. The highest BCUT2D eigenvalue weighted by atomic mass is 19.4. The lowest BCUT2D eigenvalue weighted by Crippen LogP contribution is -2.35. The highest BCUT2D eigenvalue weighted by Crippen LogP contribution is 2.44. The Morgan fingerprint density at radius 1 is 1.21 bits per heavy atom. The molecule has 0 unspecified atom stereocenters. The number of carbonyl (C=O) groups excluding carboxylic acids is 1. The maximum Gasteiger partial charge on any atom is 0.410 e. The molecule has 2 atom stereocenters. The normalized spacial score (nSPS) is 20.9. The van der Waals surface area contributed by atoms with Crippen LogP contribution in [0, 0.1) is 0 Å². The Morgan fingerprint density at radius 3 is 2.79 bits per heavy atom. The first-order valence-electron chi connectivity index (χ1n) is 9.28. The standard InChI is InChI=1S/C20H17F3N4O2/c21-20(22,23)17-10-13(16-6-3-9-29-16)24-18-11-14(25-27(17)18)19(28)26-8-7-12-4-1-2-5-15(12)26/h1-6,9,11,13,17,24H,7-8,10H2/t13-,17+/m1/s1. The van der Waals surface area contributed by atoms with Crippen molar-refractivity contribution < 1.29 is 22.4 Å². The summed E-state index contributed by atoms with van der Waals surface area (Å²) in [7, 11) is 0. The summed E-state index contributed by atoms with van der Waals surface area (Å²) in [4.78, 5) is 14.6. The lowest BCUT2D eigenvalue weighted by atomic mass is 10.0. The third kappa shape index (κ3) is 2.97. The van der Waals surface area contributed by atoms with Gasteiger partial charge in [-0.2, -0.15) is 18.3 Å². The van der Waals surface area contributed by atoms with E-state index in [-0.39, 0.29) is 17.9 Å². The Morgan fingerprint density at radius 2 is 2.03 bits per heavy atom. The van der Waals surface area contributed by atoms with E-state index in [0.717, 1.165) is 15.9 Å². The van der Waals surface area contributed by atoms with Crippen molar-refractivity contribution in [1.29, 1.82) is 0 Å². The predicted octanol–water partition coefficient (Wildman–Crippen LogP) is 4.34. The molecule has 2 aliphatic heterocycles. The van der Waals surface area contributed by atoms with Gasteiger partial charge in [0, 0.05) is 24.7 Å².